The molecule has 0 aromatic rings. The first kappa shape index (κ1) is 10.7. The quantitative estimate of drug-likeness (QED) is 0.608. The van der Waals surface area contributed by atoms with Gasteiger partial charge in [-0.25, -0.2) is 0 Å². The summed E-state index contributed by atoms with van der Waals surface area (Å²) in [5, 5.41) is 0. The van der Waals surface area contributed by atoms with Gasteiger partial charge in [0.25, 0.3) is 0 Å². The lowest BCUT2D eigenvalue weighted by Gasteiger charge is -2.25. The number of ether oxygens (including phenoxy) is 2. The highest BCUT2D eigenvalue weighted by Crippen LogP contribution is 1.97. The van der Waals surface area contributed by atoms with Crippen molar-refractivity contribution < 1.29 is 9.47 Å². The minimum Gasteiger partial charge on any atom is -0.379 e. The molecule has 0 saturated carbocycles. The Balaban J connectivity index is 2.13. The largest absolute Gasteiger partial charge is 0.379 e. The van der Waals surface area contributed by atoms with E-state index in [-0.39, 0.29) is 6.10 Å². The van der Waals surface area contributed by atoms with Crippen LogP contribution in [0.3, 0.4) is 0 Å². The molecule has 0 radical (unpaired) electrons. The third-order valence-corrected chi connectivity index (χ3v) is 2.25. The smallest absolute Gasteiger partial charge is 0.0724 e. The van der Waals surface area contributed by atoms with Crippen molar-refractivity contribution in [2.75, 3.05) is 40.0 Å². The highest BCUT2D eigenvalue weighted by atomic mass is 16.5. The second kappa shape index (κ2) is 6.13. The van der Waals surface area contributed by atoms with Crippen molar-refractivity contribution in [3.63, 3.8) is 0 Å². The van der Waals surface area contributed by atoms with Crippen molar-refractivity contribution in [2.24, 2.45) is 0 Å². The summed E-state index contributed by atoms with van der Waals surface area (Å²) >= 11 is 0. The predicted molar refractivity (Wildman–Crippen MR) is 52.9 cm³/mol. The van der Waals surface area contributed by atoms with E-state index in [4.69, 9.17) is 9.47 Å². The van der Waals surface area contributed by atoms with Crippen LogP contribution in [-0.4, -0.2) is 51.0 Å². The van der Waals surface area contributed by atoms with Gasteiger partial charge in [0.2, 0.25) is 0 Å². The molecule has 1 aliphatic rings. The Bertz CT molecular complexity index is 153. The first-order valence-corrected chi connectivity index (χ1v) is 4.82. The lowest BCUT2D eigenvalue weighted by atomic mass is 10.3. The van der Waals surface area contributed by atoms with Crippen molar-refractivity contribution in [1.82, 2.24) is 4.90 Å². The molecule has 1 unspecified atom stereocenters. The predicted octanol–water partition coefficient (Wildman–Crippen LogP) is 0.910. The van der Waals surface area contributed by atoms with E-state index in [1.807, 2.05) is 6.92 Å². The normalized spacial score (nSPS) is 22.3. The van der Waals surface area contributed by atoms with Gasteiger partial charge in [-0.3, -0.25) is 4.90 Å². The lowest BCUT2D eigenvalue weighted by molar-refractivity contribution is 0.0433. The Morgan fingerprint density at radius 2 is 2.15 bits per heavy atom. The van der Waals surface area contributed by atoms with Gasteiger partial charge in [-0.1, -0.05) is 12.2 Å². The van der Waals surface area contributed by atoms with E-state index in [1.54, 1.807) is 7.11 Å². The monoisotopic (exact) mass is 185 g/mol. The maximum Gasteiger partial charge on any atom is 0.0724 e. The zero-order chi connectivity index (χ0) is 9.52. The molecule has 1 heterocycles. The SMILES string of the molecule is COC(C)/C=C/CN1CCOCC1. The molecule has 1 rings (SSSR count). The summed E-state index contributed by atoms with van der Waals surface area (Å²) in [6.07, 6.45) is 4.48. The molecule has 1 atom stereocenters. The van der Waals surface area contributed by atoms with Crippen LogP contribution < -0.4 is 0 Å². The summed E-state index contributed by atoms with van der Waals surface area (Å²) in [5.41, 5.74) is 0. The Hall–Kier alpha value is -0.380. The van der Waals surface area contributed by atoms with Gasteiger partial charge in [-0.15, -0.1) is 0 Å². The molecule has 1 aliphatic heterocycles. The van der Waals surface area contributed by atoms with Crippen LogP contribution in [0.5, 0.6) is 0 Å². The molecule has 0 N–H and O–H groups in total. The number of nitrogens with zero attached hydrogens (tertiary/aromatic N) is 1. The molecular weight excluding hydrogens is 166 g/mol. The summed E-state index contributed by atoms with van der Waals surface area (Å²) in [5.74, 6) is 0. The van der Waals surface area contributed by atoms with E-state index in [9.17, 15) is 0 Å². The van der Waals surface area contributed by atoms with Crippen LogP contribution in [0.25, 0.3) is 0 Å². The second-order valence-corrected chi connectivity index (χ2v) is 3.28. The van der Waals surface area contributed by atoms with E-state index in [0.29, 0.717) is 0 Å². The molecule has 0 aliphatic carbocycles. The zero-order valence-corrected chi connectivity index (χ0v) is 8.53. The number of hydrogen-bond acceptors (Lipinski definition) is 3. The summed E-state index contributed by atoms with van der Waals surface area (Å²) in [6, 6.07) is 0. The fraction of sp³-hybridized carbons (Fsp3) is 0.800. The fourth-order valence-corrected chi connectivity index (χ4v) is 1.26. The molecule has 0 aromatic carbocycles. The maximum atomic E-state index is 5.26. The minimum absolute atomic E-state index is 0.223. The summed E-state index contributed by atoms with van der Waals surface area (Å²) in [7, 11) is 1.73. The molecule has 3 heteroatoms. The van der Waals surface area contributed by atoms with E-state index < -0.39 is 0 Å². The van der Waals surface area contributed by atoms with Gasteiger partial charge >= 0.3 is 0 Å². The van der Waals surface area contributed by atoms with Crippen LogP contribution in [0.4, 0.5) is 0 Å². The van der Waals surface area contributed by atoms with Crippen LogP contribution in [0.2, 0.25) is 0 Å². The lowest BCUT2D eigenvalue weighted by Crippen LogP contribution is -2.36. The van der Waals surface area contributed by atoms with E-state index in [1.165, 1.54) is 0 Å². The molecular formula is C10H19NO2. The van der Waals surface area contributed by atoms with E-state index in [0.717, 1.165) is 32.8 Å². The highest BCUT2D eigenvalue weighted by molar-refractivity contribution is 4.89. The highest BCUT2D eigenvalue weighted by Gasteiger charge is 2.07. The Labute approximate surface area is 80.3 Å². The standard InChI is InChI=1S/C10H19NO2/c1-10(12-2)4-3-5-11-6-8-13-9-7-11/h3-4,10H,5-9H2,1-2H3/b4-3+. The molecule has 0 aromatic heterocycles. The number of rotatable bonds is 4. The summed E-state index contributed by atoms with van der Waals surface area (Å²) in [6.45, 7) is 6.88. The topological polar surface area (TPSA) is 21.7 Å². The van der Waals surface area contributed by atoms with Gasteiger partial charge in [0, 0.05) is 26.7 Å². The van der Waals surface area contributed by atoms with Crippen molar-refractivity contribution >= 4 is 0 Å². The van der Waals surface area contributed by atoms with Crippen molar-refractivity contribution in [2.45, 2.75) is 13.0 Å². The molecule has 1 saturated heterocycles. The first-order chi connectivity index (χ1) is 6.33. The van der Waals surface area contributed by atoms with Gasteiger partial charge in [0.05, 0.1) is 19.3 Å². The fourth-order valence-electron chi connectivity index (χ4n) is 1.26. The molecule has 0 amide bonds. The molecule has 1 fully saturated rings. The average molecular weight is 185 g/mol. The number of methoxy groups -OCH3 is 1. The number of hydrogen-bond donors (Lipinski definition) is 0. The third kappa shape index (κ3) is 4.41. The van der Waals surface area contributed by atoms with Gasteiger partial charge in [0.15, 0.2) is 0 Å². The van der Waals surface area contributed by atoms with Gasteiger partial charge in [-0.05, 0) is 6.92 Å². The maximum absolute atomic E-state index is 5.26. The van der Waals surface area contributed by atoms with Crippen LogP contribution in [0, 0.1) is 0 Å². The minimum atomic E-state index is 0.223. The molecule has 0 spiro atoms. The Morgan fingerprint density at radius 1 is 1.46 bits per heavy atom. The average Bonchev–Trinajstić information content (AvgIpc) is 2.19. The van der Waals surface area contributed by atoms with E-state index in [2.05, 4.69) is 17.1 Å². The van der Waals surface area contributed by atoms with Gasteiger partial charge in [0.1, 0.15) is 0 Å². The van der Waals surface area contributed by atoms with Crippen LogP contribution >= 0.6 is 0 Å². The molecule has 13 heavy (non-hydrogen) atoms. The molecule has 0 bridgehead atoms. The molecule has 3 nitrogen and oxygen atoms in total. The van der Waals surface area contributed by atoms with Crippen LogP contribution in [0.1, 0.15) is 6.92 Å². The summed E-state index contributed by atoms with van der Waals surface area (Å²) in [4.78, 5) is 2.38. The Morgan fingerprint density at radius 3 is 2.77 bits per heavy atom. The van der Waals surface area contributed by atoms with Crippen molar-refractivity contribution in [3.05, 3.63) is 12.2 Å². The third-order valence-electron chi connectivity index (χ3n) is 2.25. The van der Waals surface area contributed by atoms with Crippen molar-refractivity contribution in [3.8, 4) is 0 Å². The van der Waals surface area contributed by atoms with Gasteiger partial charge in [-0.2, -0.15) is 0 Å². The second-order valence-electron chi connectivity index (χ2n) is 3.28. The zero-order valence-electron chi connectivity index (χ0n) is 8.53. The summed E-state index contributed by atoms with van der Waals surface area (Å²) < 4.78 is 10.4. The van der Waals surface area contributed by atoms with E-state index >= 15 is 0 Å². The van der Waals surface area contributed by atoms with Crippen LogP contribution in [0.15, 0.2) is 12.2 Å². The number of morpholine rings is 1. The van der Waals surface area contributed by atoms with Crippen LogP contribution in [-0.2, 0) is 9.47 Å². The van der Waals surface area contributed by atoms with Crippen molar-refractivity contribution in [1.29, 1.82) is 0 Å². The first-order valence-electron chi connectivity index (χ1n) is 4.82. The molecule has 76 valence electrons. The van der Waals surface area contributed by atoms with Gasteiger partial charge < -0.3 is 9.47 Å². The Kier molecular flexibility index (Phi) is 5.05.